The highest BCUT2D eigenvalue weighted by atomic mass is 16.2. The van der Waals surface area contributed by atoms with Crippen LogP contribution in [0.25, 0.3) is 0 Å². The molecule has 2 aromatic rings. The van der Waals surface area contributed by atoms with Crippen LogP contribution in [0.3, 0.4) is 0 Å². The topological polar surface area (TPSA) is 74.6 Å². The first-order valence-corrected chi connectivity index (χ1v) is 10.4. The summed E-state index contributed by atoms with van der Waals surface area (Å²) in [7, 11) is 0. The molecule has 7 heteroatoms. The SMILES string of the molecule is CCNC(=NCc1cccc(Cn2ccnc2)c1)NC1CCN(C(=O)C(C)C)C1. The maximum atomic E-state index is 12.2. The van der Waals surface area contributed by atoms with Gasteiger partial charge in [-0.2, -0.15) is 0 Å². The molecule has 1 atom stereocenters. The highest BCUT2D eigenvalue weighted by Crippen LogP contribution is 2.13. The molecule has 2 N–H and O–H groups in total. The summed E-state index contributed by atoms with van der Waals surface area (Å²) < 4.78 is 2.05. The monoisotopic (exact) mass is 396 g/mol. The van der Waals surface area contributed by atoms with E-state index in [9.17, 15) is 4.79 Å². The number of carbonyl (C=O) groups is 1. The van der Waals surface area contributed by atoms with Crippen molar-refractivity contribution < 1.29 is 4.79 Å². The van der Waals surface area contributed by atoms with E-state index in [0.717, 1.165) is 38.6 Å². The first-order valence-electron chi connectivity index (χ1n) is 10.4. The molecule has 0 aliphatic carbocycles. The molecule has 0 saturated carbocycles. The second kappa shape index (κ2) is 10.1. The average molecular weight is 397 g/mol. The number of nitrogens with one attached hydrogen (secondary N) is 2. The Morgan fingerprint density at radius 2 is 2.17 bits per heavy atom. The Morgan fingerprint density at radius 3 is 2.90 bits per heavy atom. The minimum atomic E-state index is 0.0465. The van der Waals surface area contributed by atoms with Crippen LogP contribution in [0.2, 0.25) is 0 Å². The van der Waals surface area contributed by atoms with Gasteiger partial charge in [0.2, 0.25) is 5.91 Å². The molecule has 1 aromatic heterocycles. The Morgan fingerprint density at radius 1 is 1.34 bits per heavy atom. The Hall–Kier alpha value is -2.83. The van der Waals surface area contributed by atoms with Crippen molar-refractivity contribution in [3.63, 3.8) is 0 Å². The van der Waals surface area contributed by atoms with Gasteiger partial charge in [-0.25, -0.2) is 9.98 Å². The van der Waals surface area contributed by atoms with E-state index in [2.05, 4.69) is 51.4 Å². The minimum absolute atomic E-state index is 0.0465. The lowest BCUT2D eigenvalue weighted by molar-refractivity contribution is -0.133. The van der Waals surface area contributed by atoms with Crippen molar-refractivity contribution in [3.8, 4) is 0 Å². The van der Waals surface area contributed by atoms with E-state index >= 15 is 0 Å². The van der Waals surface area contributed by atoms with Crippen LogP contribution in [0.5, 0.6) is 0 Å². The van der Waals surface area contributed by atoms with Crippen molar-refractivity contribution in [1.82, 2.24) is 25.1 Å². The van der Waals surface area contributed by atoms with Crippen LogP contribution >= 0.6 is 0 Å². The van der Waals surface area contributed by atoms with E-state index in [0.29, 0.717) is 6.54 Å². The van der Waals surface area contributed by atoms with Crippen LogP contribution in [0.1, 0.15) is 38.3 Å². The molecule has 0 spiro atoms. The zero-order valence-electron chi connectivity index (χ0n) is 17.6. The molecule has 29 heavy (non-hydrogen) atoms. The number of guanidine groups is 1. The number of likely N-dealkylation sites (tertiary alicyclic amines) is 1. The van der Waals surface area contributed by atoms with Gasteiger partial charge in [-0.1, -0.05) is 38.1 Å². The van der Waals surface area contributed by atoms with E-state index < -0.39 is 0 Å². The van der Waals surface area contributed by atoms with Crippen LogP contribution in [-0.4, -0.2) is 52.0 Å². The van der Waals surface area contributed by atoms with Gasteiger partial charge in [0.05, 0.1) is 12.9 Å². The van der Waals surface area contributed by atoms with Gasteiger partial charge in [-0.15, -0.1) is 0 Å². The van der Waals surface area contributed by atoms with Crippen molar-refractivity contribution in [2.45, 2.75) is 46.3 Å². The standard InChI is InChI=1S/C22H32N6O/c1-4-24-22(26-20-8-10-28(15-20)21(29)17(2)3)25-13-18-6-5-7-19(12-18)14-27-11-9-23-16-27/h5-7,9,11-12,16-17,20H,4,8,10,13-15H2,1-3H3,(H2,24,25,26). The van der Waals surface area contributed by atoms with Gasteiger partial charge < -0.3 is 20.1 Å². The molecular weight excluding hydrogens is 364 g/mol. The fourth-order valence-electron chi connectivity index (χ4n) is 3.54. The highest BCUT2D eigenvalue weighted by Gasteiger charge is 2.27. The normalized spacial score (nSPS) is 17.0. The number of imidazole rings is 1. The molecule has 7 nitrogen and oxygen atoms in total. The molecule has 1 saturated heterocycles. The predicted octanol–water partition coefficient (Wildman–Crippen LogP) is 2.24. The van der Waals surface area contributed by atoms with E-state index in [-0.39, 0.29) is 17.9 Å². The number of carbonyl (C=O) groups excluding carboxylic acids is 1. The smallest absolute Gasteiger partial charge is 0.225 e. The van der Waals surface area contributed by atoms with E-state index in [1.54, 1.807) is 6.20 Å². The van der Waals surface area contributed by atoms with Gasteiger partial charge in [0.1, 0.15) is 0 Å². The summed E-state index contributed by atoms with van der Waals surface area (Å²) in [4.78, 5) is 23.0. The minimum Gasteiger partial charge on any atom is -0.357 e. The zero-order valence-corrected chi connectivity index (χ0v) is 17.6. The molecule has 156 valence electrons. The molecule has 2 heterocycles. The molecular formula is C22H32N6O. The van der Waals surface area contributed by atoms with Gasteiger partial charge in [0.15, 0.2) is 5.96 Å². The summed E-state index contributed by atoms with van der Waals surface area (Å²) in [6.45, 7) is 9.73. The number of benzene rings is 1. The van der Waals surface area contributed by atoms with Gasteiger partial charge >= 0.3 is 0 Å². The van der Waals surface area contributed by atoms with Crippen LogP contribution in [0, 0.1) is 5.92 Å². The van der Waals surface area contributed by atoms with E-state index in [4.69, 9.17) is 4.99 Å². The third-order valence-corrected chi connectivity index (χ3v) is 5.01. The second-order valence-electron chi connectivity index (χ2n) is 7.82. The summed E-state index contributed by atoms with van der Waals surface area (Å²) in [5.74, 6) is 1.08. The fraction of sp³-hybridized carbons (Fsp3) is 0.500. The Labute approximate surface area is 173 Å². The number of hydrogen-bond donors (Lipinski definition) is 2. The maximum absolute atomic E-state index is 12.2. The molecule has 1 aliphatic heterocycles. The van der Waals surface area contributed by atoms with E-state index in [1.165, 1.54) is 11.1 Å². The van der Waals surface area contributed by atoms with Crippen molar-refractivity contribution >= 4 is 11.9 Å². The lowest BCUT2D eigenvalue weighted by Gasteiger charge is -2.20. The molecule has 1 amide bonds. The molecule has 1 fully saturated rings. The third kappa shape index (κ3) is 6.07. The quantitative estimate of drug-likeness (QED) is 0.556. The maximum Gasteiger partial charge on any atom is 0.225 e. The Kier molecular flexibility index (Phi) is 7.27. The number of aromatic nitrogens is 2. The van der Waals surface area contributed by atoms with Gasteiger partial charge in [0, 0.05) is 50.5 Å². The van der Waals surface area contributed by atoms with Crippen LogP contribution in [0.15, 0.2) is 48.0 Å². The zero-order chi connectivity index (χ0) is 20.6. The first-order chi connectivity index (χ1) is 14.0. The number of aliphatic imine (C=N–C) groups is 1. The molecule has 3 rings (SSSR count). The lowest BCUT2D eigenvalue weighted by Crippen LogP contribution is -2.45. The van der Waals surface area contributed by atoms with Crippen molar-refractivity contribution in [2.24, 2.45) is 10.9 Å². The molecule has 1 aromatic carbocycles. The summed E-state index contributed by atoms with van der Waals surface area (Å²) >= 11 is 0. The number of amides is 1. The number of nitrogens with zero attached hydrogens (tertiary/aromatic N) is 4. The molecule has 1 aliphatic rings. The summed E-state index contributed by atoms with van der Waals surface area (Å²) in [5, 5.41) is 6.82. The lowest BCUT2D eigenvalue weighted by atomic mass is 10.1. The average Bonchev–Trinajstić information content (AvgIpc) is 3.38. The first kappa shape index (κ1) is 20.9. The Balaban J connectivity index is 1.59. The van der Waals surface area contributed by atoms with E-state index in [1.807, 2.05) is 31.3 Å². The Bertz CT molecular complexity index is 814. The predicted molar refractivity (Wildman–Crippen MR) is 116 cm³/mol. The molecule has 1 unspecified atom stereocenters. The van der Waals surface area contributed by atoms with Crippen LogP contribution < -0.4 is 10.6 Å². The molecule has 0 radical (unpaired) electrons. The van der Waals surface area contributed by atoms with Crippen molar-refractivity contribution in [3.05, 3.63) is 54.1 Å². The van der Waals surface area contributed by atoms with Gasteiger partial charge in [0.25, 0.3) is 0 Å². The van der Waals surface area contributed by atoms with Crippen LogP contribution in [-0.2, 0) is 17.9 Å². The van der Waals surface area contributed by atoms with Gasteiger partial charge in [-0.05, 0) is 24.5 Å². The summed E-state index contributed by atoms with van der Waals surface area (Å²) in [6, 6.07) is 8.72. The summed E-state index contributed by atoms with van der Waals surface area (Å²) in [5.41, 5.74) is 2.40. The van der Waals surface area contributed by atoms with Crippen molar-refractivity contribution in [1.29, 1.82) is 0 Å². The van der Waals surface area contributed by atoms with Gasteiger partial charge in [-0.3, -0.25) is 4.79 Å². The number of hydrogen-bond acceptors (Lipinski definition) is 3. The number of rotatable bonds is 7. The van der Waals surface area contributed by atoms with Crippen LogP contribution in [0.4, 0.5) is 0 Å². The summed E-state index contributed by atoms with van der Waals surface area (Å²) in [6.07, 6.45) is 6.53. The van der Waals surface area contributed by atoms with Crippen molar-refractivity contribution in [2.75, 3.05) is 19.6 Å². The second-order valence-corrected chi connectivity index (χ2v) is 7.82. The molecule has 0 bridgehead atoms. The fourth-order valence-corrected chi connectivity index (χ4v) is 3.54. The largest absolute Gasteiger partial charge is 0.357 e. The third-order valence-electron chi connectivity index (χ3n) is 5.01. The highest BCUT2D eigenvalue weighted by molar-refractivity contribution is 5.81.